The van der Waals surface area contributed by atoms with Crippen molar-refractivity contribution in [3.63, 3.8) is 0 Å². The van der Waals surface area contributed by atoms with Gasteiger partial charge in [-0.25, -0.2) is 0 Å². The fourth-order valence-corrected chi connectivity index (χ4v) is 4.46. The largest absolute Gasteiger partial charge is 0.392 e. The van der Waals surface area contributed by atoms with Crippen LogP contribution in [0.4, 0.5) is 0 Å². The van der Waals surface area contributed by atoms with Gasteiger partial charge < -0.3 is 5.11 Å². The second-order valence-corrected chi connectivity index (χ2v) is 7.79. The zero-order chi connectivity index (χ0) is 14.5. The molecular formula is C18H36OS. The molecule has 2 heteroatoms. The zero-order valence-corrected chi connectivity index (χ0v) is 14.4. The molecule has 1 N–H and O–H groups in total. The van der Waals surface area contributed by atoms with E-state index in [0.29, 0.717) is 5.25 Å². The van der Waals surface area contributed by atoms with E-state index in [9.17, 15) is 5.11 Å². The Morgan fingerprint density at radius 3 is 2.05 bits per heavy atom. The van der Waals surface area contributed by atoms with Crippen LogP contribution in [0.3, 0.4) is 0 Å². The smallest absolute Gasteiger partial charge is 0.0658 e. The van der Waals surface area contributed by atoms with Gasteiger partial charge in [0.2, 0.25) is 0 Å². The predicted molar refractivity (Wildman–Crippen MR) is 92.6 cm³/mol. The van der Waals surface area contributed by atoms with Crippen molar-refractivity contribution in [3.05, 3.63) is 0 Å². The van der Waals surface area contributed by atoms with E-state index in [0.717, 1.165) is 6.42 Å². The summed E-state index contributed by atoms with van der Waals surface area (Å²) in [5.41, 5.74) is 0. The van der Waals surface area contributed by atoms with Crippen molar-refractivity contribution in [2.24, 2.45) is 0 Å². The first-order valence-electron chi connectivity index (χ1n) is 9.14. The molecule has 1 nitrogen and oxygen atoms in total. The van der Waals surface area contributed by atoms with Crippen LogP contribution in [0.1, 0.15) is 96.8 Å². The summed E-state index contributed by atoms with van der Waals surface area (Å²) < 4.78 is 0. The van der Waals surface area contributed by atoms with Gasteiger partial charge in [0.1, 0.15) is 0 Å². The van der Waals surface area contributed by atoms with E-state index in [1.807, 2.05) is 11.8 Å². The van der Waals surface area contributed by atoms with Crippen molar-refractivity contribution >= 4 is 11.8 Å². The van der Waals surface area contributed by atoms with Crippen LogP contribution in [0.5, 0.6) is 0 Å². The fraction of sp³-hybridized carbons (Fsp3) is 1.00. The molecule has 0 aromatic carbocycles. The number of aliphatic hydroxyl groups is 1. The van der Waals surface area contributed by atoms with Gasteiger partial charge in [0.25, 0.3) is 0 Å². The first-order chi connectivity index (χ1) is 9.84. The van der Waals surface area contributed by atoms with Gasteiger partial charge in [-0.3, -0.25) is 0 Å². The lowest BCUT2D eigenvalue weighted by atomic mass is 10.0. The third kappa shape index (κ3) is 9.28. The van der Waals surface area contributed by atoms with E-state index in [2.05, 4.69) is 6.92 Å². The number of unbranched alkanes of at least 4 members (excludes halogenated alkanes) is 9. The highest BCUT2D eigenvalue weighted by Crippen LogP contribution is 2.29. The molecule has 1 saturated heterocycles. The number of rotatable bonds is 12. The molecule has 0 radical (unpaired) electrons. The first kappa shape index (κ1) is 18.4. The summed E-state index contributed by atoms with van der Waals surface area (Å²) >= 11 is 2.00. The van der Waals surface area contributed by atoms with Crippen LogP contribution < -0.4 is 0 Å². The molecule has 0 aliphatic carbocycles. The minimum absolute atomic E-state index is 0.0330. The lowest BCUT2D eigenvalue weighted by Gasteiger charge is -2.26. The standard InChI is InChI=1S/C18H36OS/c1-2-3-4-5-6-7-8-9-10-11-14-17(19)18-15-12-13-16-20-18/h17-19H,2-16H2,1H3. The molecule has 20 heavy (non-hydrogen) atoms. The van der Waals surface area contributed by atoms with Crippen molar-refractivity contribution in [2.75, 3.05) is 5.75 Å². The summed E-state index contributed by atoms with van der Waals surface area (Å²) in [6.45, 7) is 2.28. The monoisotopic (exact) mass is 300 g/mol. The highest BCUT2D eigenvalue weighted by Gasteiger charge is 2.21. The van der Waals surface area contributed by atoms with Crippen molar-refractivity contribution < 1.29 is 5.11 Å². The lowest BCUT2D eigenvalue weighted by Crippen LogP contribution is -2.25. The third-order valence-electron chi connectivity index (χ3n) is 4.50. The van der Waals surface area contributed by atoms with Crippen LogP contribution in [0.2, 0.25) is 0 Å². The van der Waals surface area contributed by atoms with Gasteiger partial charge in [-0.2, -0.15) is 11.8 Å². The molecule has 1 aliphatic rings. The highest BCUT2D eigenvalue weighted by atomic mass is 32.2. The number of aliphatic hydroxyl groups excluding tert-OH is 1. The molecule has 2 unspecified atom stereocenters. The molecule has 1 aliphatic heterocycles. The lowest BCUT2D eigenvalue weighted by molar-refractivity contribution is 0.152. The molecule has 0 saturated carbocycles. The van der Waals surface area contributed by atoms with Gasteiger partial charge in [0, 0.05) is 5.25 Å². The molecule has 0 aromatic rings. The van der Waals surface area contributed by atoms with Crippen LogP contribution in [-0.2, 0) is 0 Å². The van der Waals surface area contributed by atoms with E-state index >= 15 is 0 Å². The first-order valence-corrected chi connectivity index (χ1v) is 10.2. The molecular weight excluding hydrogens is 264 g/mol. The van der Waals surface area contributed by atoms with E-state index in [-0.39, 0.29) is 6.10 Å². The highest BCUT2D eigenvalue weighted by molar-refractivity contribution is 8.00. The molecule has 0 aromatic heterocycles. The number of hydrogen-bond acceptors (Lipinski definition) is 2. The molecule has 1 fully saturated rings. The van der Waals surface area contributed by atoms with Crippen molar-refractivity contribution in [2.45, 2.75) is 108 Å². The van der Waals surface area contributed by atoms with E-state index in [4.69, 9.17) is 0 Å². The molecule has 0 bridgehead atoms. The van der Waals surface area contributed by atoms with Gasteiger partial charge in [-0.1, -0.05) is 77.6 Å². The van der Waals surface area contributed by atoms with Crippen LogP contribution in [0, 0.1) is 0 Å². The molecule has 1 rings (SSSR count). The maximum absolute atomic E-state index is 10.2. The Bertz CT molecular complexity index is 202. The Hall–Kier alpha value is 0.310. The molecule has 0 spiro atoms. The van der Waals surface area contributed by atoms with Crippen LogP contribution >= 0.6 is 11.8 Å². The van der Waals surface area contributed by atoms with Crippen molar-refractivity contribution in [3.8, 4) is 0 Å². The summed E-state index contributed by atoms with van der Waals surface area (Å²) in [4.78, 5) is 0. The van der Waals surface area contributed by atoms with Crippen LogP contribution in [-0.4, -0.2) is 22.2 Å². The second kappa shape index (κ2) is 13.0. The summed E-state index contributed by atoms with van der Waals surface area (Å²) in [6, 6.07) is 0. The molecule has 2 atom stereocenters. The summed E-state index contributed by atoms with van der Waals surface area (Å²) in [5, 5.41) is 10.7. The summed E-state index contributed by atoms with van der Waals surface area (Å²) in [7, 11) is 0. The second-order valence-electron chi connectivity index (χ2n) is 6.44. The third-order valence-corrected chi connectivity index (χ3v) is 6.00. The van der Waals surface area contributed by atoms with Gasteiger partial charge in [0.05, 0.1) is 6.10 Å². The van der Waals surface area contributed by atoms with Gasteiger partial charge in [0.15, 0.2) is 0 Å². The maximum atomic E-state index is 10.2. The Kier molecular flexibility index (Phi) is 11.9. The molecule has 120 valence electrons. The normalized spacial score (nSPS) is 21.0. The summed E-state index contributed by atoms with van der Waals surface area (Å²) in [6.07, 6.45) is 18.7. The van der Waals surface area contributed by atoms with Crippen LogP contribution in [0.25, 0.3) is 0 Å². The Morgan fingerprint density at radius 1 is 0.900 bits per heavy atom. The number of thioether (sulfide) groups is 1. The van der Waals surface area contributed by atoms with Gasteiger partial charge >= 0.3 is 0 Å². The zero-order valence-electron chi connectivity index (χ0n) is 13.6. The molecule has 0 amide bonds. The Balaban J connectivity index is 1.82. The molecule has 1 heterocycles. The Morgan fingerprint density at radius 2 is 1.50 bits per heavy atom. The van der Waals surface area contributed by atoms with Gasteiger partial charge in [-0.05, 0) is 25.0 Å². The average Bonchev–Trinajstić information content (AvgIpc) is 2.50. The van der Waals surface area contributed by atoms with Crippen molar-refractivity contribution in [1.82, 2.24) is 0 Å². The SMILES string of the molecule is CCCCCCCCCCCCC(O)C1CCCCS1. The minimum atomic E-state index is -0.0330. The van der Waals surface area contributed by atoms with E-state index in [1.54, 1.807) is 0 Å². The van der Waals surface area contributed by atoms with E-state index < -0.39 is 0 Å². The average molecular weight is 301 g/mol. The Labute approximate surface area is 131 Å². The summed E-state index contributed by atoms with van der Waals surface area (Å²) in [5.74, 6) is 1.26. The van der Waals surface area contributed by atoms with Gasteiger partial charge in [-0.15, -0.1) is 0 Å². The van der Waals surface area contributed by atoms with Crippen molar-refractivity contribution in [1.29, 1.82) is 0 Å². The predicted octanol–water partition coefficient (Wildman–Crippen LogP) is 5.94. The minimum Gasteiger partial charge on any atom is -0.392 e. The fourth-order valence-electron chi connectivity index (χ4n) is 3.10. The quantitative estimate of drug-likeness (QED) is 0.450. The van der Waals surface area contributed by atoms with Crippen LogP contribution in [0.15, 0.2) is 0 Å². The number of hydrogen-bond donors (Lipinski definition) is 1. The topological polar surface area (TPSA) is 20.2 Å². The van der Waals surface area contributed by atoms with E-state index in [1.165, 1.54) is 89.2 Å². The maximum Gasteiger partial charge on any atom is 0.0658 e.